The van der Waals surface area contributed by atoms with Crippen LogP contribution in [0.25, 0.3) is 6.08 Å². The SMILES string of the molecule is COc1ccc(/C=C2/Sc3ccc(C(=O)N4C[C@H](C)C[C@H](C)C4)cc3NC2=O)cc1. The first-order valence-corrected chi connectivity index (χ1v) is 11.0. The van der Waals surface area contributed by atoms with Crippen LogP contribution in [0.4, 0.5) is 5.69 Å². The minimum absolute atomic E-state index is 0.0371. The Labute approximate surface area is 181 Å². The maximum Gasteiger partial charge on any atom is 0.262 e. The standard InChI is InChI=1S/C24H26N2O3S/c1-15-10-16(2)14-26(13-15)24(28)18-6-9-21-20(12-18)25-23(27)22(30-21)11-17-4-7-19(29-3)8-5-17/h4-9,11-12,15-16H,10,13-14H2,1-3H3,(H,25,27)/b22-11+/t15-,16+. The Kier molecular flexibility index (Phi) is 5.86. The van der Waals surface area contributed by atoms with E-state index in [1.807, 2.05) is 47.4 Å². The van der Waals surface area contributed by atoms with Gasteiger partial charge in [-0.15, -0.1) is 0 Å². The second-order valence-electron chi connectivity index (χ2n) is 8.21. The molecule has 1 N–H and O–H groups in total. The summed E-state index contributed by atoms with van der Waals surface area (Å²) in [6.07, 6.45) is 3.02. The summed E-state index contributed by atoms with van der Waals surface area (Å²) in [4.78, 5) is 29.1. The van der Waals surface area contributed by atoms with Crippen LogP contribution in [0.1, 0.15) is 36.2 Å². The van der Waals surface area contributed by atoms with Gasteiger partial charge in [0, 0.05) is 23.5 Å². The molecule has 2 aliphatic heterocycles. The molecule has 2 aromatic rings. The second-order valence-corrected chi connectivity index (χ2v) is 9.29. The van der Waals surface area contributed by atoms with Crippen LogP contribution in [0.5, 0.6) is 5.75 Å². The van der Waals surface area contributed by atoms with Crippen molar-refractivity contribution in [2.24, 2.45) is 11.8 Å². The fourth-order valence-corrected chi connectivity index (χ4v) is 5.09. The number of anilines is 1. The molecule has 2 aromatic carbocycles. The number of methoxy groups -OCH3 is 1. The third-order valence-electron chi connectivity index (χ3n) is 5.49. The molecule has 0 radical (unpaired) electrons. The molecular formula is C24H26N2O3S. The molecule has 0 spiro atoms. The molecule has 2 heterocycles. The number of benzene rings is 2. The van der Waals surface area contributed by atoms with E-state index in [-0.39, 0.29) is 11.8 Å². The first-order chi connectivity index (χ1) is 14.4. The van der Waals surface area contributed by atoms with Gasteiger partial charge in [-0.05, 0) is 60.2 Å². The lowest BCUT2D eigenvalue weighted by atomic mass is 9.91. The van der Waals surface area contributed by atoms with Crippen LogP contribution in [-0.4, -0.2) is 36.9 Å². The Bertz CT molecular complexity index is 990. The lowest BCUT2D eigenvalue weighted by Crippen LogP contribution is -2.42. The molecule has 1 fully saturated rings. The van der Waals surface area contributed by atoms with Crippen LogP contribution in [0.2, 0.25) is 0 Å². The van der Waals surface area contributed by atoms with Gasteiger partial charge in [-0.1, -0.05) is 37.7 Å². The first-order valence-electron chi connectivity index (χ1n) is 10.2. The number of nitrogens with zero attached hydrogens (tertiary/aromatic N) is 1. The average Bonchev–Trinajstić information content (AvgIpc) is 2.73. The monoisotopic (exact) mass is 422 g/mol. The van der Waals surface area contributed by atoms with Crippen molar-refractivity contribution in [3.05, 3.63) is 58.5 Å². The van der Waals surface area contributed by atoms with Crippen LogP contribution in [0.15, 0.2) is 52.3 Å². The summed E-state index contributed by atoms with van der Waals surface area (Å²) in [5.41, 5.74) is 2.25. The van der Waals surface area contributed by atoms with Gasteiger partial charge in [0.15, 0.2) is 0 Å². The maximum absolute atomic E-state index is 13.0. The van der Waals surface area contributed by atoms with Crippen LogP contribution in [0.3, 0.4) is 0 Å². The highest BCUT2D eigenvalue weighted by molar-refractivity contribution is 8.04. The van der Waals surface area contributed by atoms with Crippen molar-refractivity contribution in [2.75, 3.05) is 25.5 Å². The average molecular weight is 423 g/mol. The summed E-state index contributed by atoms with van der Waals surface area (Å²) in [5, 5.41) is 2.95. The zero-order chi connectivity index (χ0) is 21.3. The Morgan fingerprint density at radius 2 is 1.83 bits per heavy atom. The van der Waals surface area contributed by atoms with Gasteiger partial charge in [-0.3, -0.25) is 9.59 Å². The number of nitrogens with one attached hydrogen (secondary N) is 1. The topological polar surface area (TPSA) is 58.6 Å². The lowest BCUT2D eigenvalue weighted by Gasteiger charge is -2.35. The van der Waals surface area contributed by atoms with Crippen molar-refractivity contribution in [3.63, 3.8) is 0 Å². The number of rotatable bonds is 3. The van der Waals surface area contributed by atoms with Crippen LogP contribution < -0.4 is 10.1 Å². The van der Waals surface area contributed by atoms with Crippen molar-refractivity contribution >= 4 is 35.3 Å². The van der Waals surface area contributed by atoms with Gasteiger partial charge in [0.25, 0.3) is 11.8 Å². The summed E-state index contributed by atoms with van der Waals surface area (Å²) in [6, 6.07) is 13.1. The molecule has 30 heavy (non-hydrogen) atoms. The molecule has 2 amide bonds. The van der Waals surface area contributed by atoms with Gasteiger partial charge in [0.2, 0.25) is 0 Å². The molecular weight excluding hydrogens is 396 g/mol. The highest BCUT2D eigenvalue weighted by atomic mass is 32.2. The Morgan fingerprint density at radius 3 is 2.50 bits per heavy atom. The van der Waals surface area contributed by atoms with E-state index in [0.29, 0.717) is 28.0 Å². The molecule has 2 atom stereocenters. The number of thioether (sulfide) groups is 1. The second kappa shape index (κ2) is 8.56. The molecule has 156 valence electrons. The molecule has 4 rings (SSSR count). The molecule has 5 nitrogen and oxygen atoms in total. The number of amides is 2. The molecule has 0 aromatic heterocycles. The minimum atomic E-state index is -0.159. The van der Waals surface area contributed by atoms with Gasteiger partial charge in [0.05, 0.1) is 17.7 Å². The molecule has 6 heteroatoms. The van der Waals surface area contributed by atoms with E-state index < -0.39 is 0 Å². The molecule has 0 aliphatic carbocycles. The minimum Gasteiger partial charge on any atom is -0.497 e. The Morgan fingerprint density at radius 1 is 1.13 bits per heavy atom. The number of hydrogen-bond acceptors (Lipinski definition) is 4. The maximum atomic E-state index is 13.0. The number of fused-ring (bicyclic) bond motifs is 1. The van der Waals surface area contributed by atoms with Crippen LogP contribution in [-0.2, 0) is 4.79 Å². The summed E-state index contributed by atoms with van der Waals surface area (Å²) in [7, 11) is 1.63. The quantitative estimate of drug-likeness (QED) is 0.715. The van der Waals surface area contributed by atoms with E-state index in [2.05, 4.69) is 19.2 Å². The van der Waals surface area contributed by atoms with E-state index in [1.165, 1.54) is 11.8 Å². The predicted molar refractivity (Wildman–Crippen MR) is 121 cm³/mol. The van der Waals surface area contributed by atoms with Crippen LogP contribution in [0, 0.1) is 11.8 Å². The normalized spacial score (nSPS) is 22.4. The van der Waals surface area contributed by atoms with Crippen molar-refractivity contribution in [1.29, 1.82) is 0 Å². The Balaban J connectivity index is 1.53. The lowest BCUT2D eigenvalue weighted by molar-refractivity contribution is -0.112. The smallest absolute Gasteiger partial charge is 0.262 e. The molecule has 1 saturated heterocycles. The Hall–Kier alpha value is -2.73. The first kappa shape index (κ1) is 20.5. The molecule has 2 aliphatic rings. The largest absolute Gasteiger partial charge is 0.497 e. The summed E-state index contributed by atoms with van der Waals surface area (Å²) < 4.78 is 5.18. The van der Waals surface area contributed by atoms with Gasteiger partial charge in [-0.25, -0.2) is 0 Å². The third-order valence-corrected chi connectivity index (χ3v) is 6.59. The fourth-order valence-electron chi connectivity index (χ4n) is 4.16. The van der Waals surface area contributed by atoms with Gasteiger partial charge in [-0.2, -0.15) is 0 Å². The number of ether oxygens (including phenoxy) is 1. The molecule has 0 unspecified atom stereocenters. The number of piperidine rings is 1. The van der Waals surface area contributed by atoms with Gasteiger partial charge in [0.1, 0.15) is 5.75 Å². The van der Waals surface area contributed by atoms with E-state index in [4.69, 9.17) is 4.74 Å². The predicted octanol–water partition coefficient (Wildman–Crippen LogP) is 4.90. The number of hydrogen-bond donors (Lipinski definition) is 1. The van der Waals surface area contributed by atoms with Gasteiger partial charge < -0.3 is 15.0 Å². The number of carbonyl (C=O) groups is 2. The zero-order valence-corrected chi connectivity index (χ0v) is 18.3. The molecule has 0 saturated carbocycles. The van der Waals surface area contributed by atoms with Crippen molar-refractivity contribution in [2.45, 2.75) is 25.2 Å². The van der Waals surface area contributed by atoms with E-state index in [1.54, 1.807) is 13.2 Å². The summed E-state index contributed by atoms with van der Waals surface area (Å²) in [5.74, 6) is 1.67. The third kappa shape index (κ3) is 4.38. The van der Waals surface area contributed by atoms with Crippen molar-refractivity contribution in [1.82, 2.24) is 4.90 Å². The summed E-state index contributed by atoms with van der Waals surface area (Å²) in [6.45, 7) is 5.96. The number of likely N-dealkylation sites (tertiary alicyclic amines) is 1. The fraction of sp³-hybridized carbons (Fsp3) is 0.333. The highest BCUT2D eigenvalue weighted by Crippen LogP contribution is 2.39. The van der Waals surface area contributed by atoms with Crippen molar-refractivity contribution in [3.8, 4) is 5.75 Å². The van der Waals surface area contributed by atoms with Crippen molar-refractivity contribution < 1.29 is 14.3 Å². The van der Waals surface area contributed by atoms with Crippen LogP contribution >= 0.6 is 11.8 Å². The number of carbonyl (C=O) groups excluding carboxylic acids is 2. The zero-order valence-electron chi connectivity index (χ0n) is 17.5. The molecule has 0 bridgehead atoms. The van der Waals surface area contributed by atoms with E-state index in [0.717, 1.165) is 35.7 Å². The summed E-state index contributed by atoms with van der Waals surface area (Å²) >= 11 is 1.42. The van der Waals surface area contributed by atoms with E-state index in [9.17, 15) is 9.59 Å². The van der Waals surface area contributed by atoms with E-state index >= 15 is 0 Å². The van der Waals surface area contributed by atoms with Gasteiger partial charge >= 0.3 is 0 Å². The highest BCUT2D eigenvalue weighted by Gasteiger charge is 2.28.